The number of aryl methyl sites for hydroxylation is 1. The third kappa shape index (κ3) is 0.888. The Hall–Kier alpha value is -1.38. The van der Waals surface area contributed by atoms with E-state index in [4.69, 9.17) is 4.74 Å². The third-order valence-electron chi connectivity index (χ3n) is 1.64. The molecule has 0 fully saturated rings. The van der Waals surface area contributed by atoms with Crippen LogP contribution < -0.4 is 4.74 Å². The molecule has 0 atom stereocenters. The van der Waals surface area contributed by atoms with E-state index in [1.807, 2.05) is 13.0 Å². The Bertz CT molecular complexity index is 320. The van der Waals surface area contributed by atoms with E-state index in [0.29, 0.717) is 11.4 Å². The maximum atomic E-state index is 11.0. The Kier molecular flexibility index (Phi) is 1.18. The van der Waals surface area contributed by atoms with Crippen LogP contribution in [0.3, 0.4) is 0 Å². The van der Waals surface area contributed by atoms with Crippen molar-refractivity contribution in [2.24, 2.45) is 0 Å². The van der Waals surface area contributed by atoms with Gasteiger partial charge in [-0.25, -0.2) is 4.98 Å². The van der Waals surface area contributed by atoms with E-state index in [2.05, 4.69) is 4.98 Å². The SMILES string of the molecule is Cc1ccc2c(n1)OCC2=O. The van der Waals surface area contributed by atoms with Crippen LogP contribution in [0.2, 0.25) is 0 Å². The average molecular weight is 149 g/mol. The number of fused-ring (bicyclic) bond motifs is 1. The second-order valence-corrected chi connectivity index (χ2v) is 2.52. The zero-order valence-corrected chi connectivity index (χ0v) is 6.13. The molecule has 1 aromatic rings. The molecule has 2 heterocycles. The van der Waals surface area contributed by atoms with E-state index in [9.17, 15) is 4.79 Å². The molecule has 3 heteroatoms. The molecule has 1 aliphatic heterocycles. The topological polar surface area (TPSA) is 39.2 Å². The smallest absolute Gasteiger partial charge is 0.225 e. The maximum Gasteiger partial charge on any atom is 0.225 e. The third-order valence-corrected chi connectivity index (χ3v) is 1.64. The number of Topliss-reactive ketones (excluding diaryl/α,β-unsaturated/α-hetero) is 1. The van der Waals surface area contributed by atoms with E-state index in [1.165, 1.54) is 0 Å². The highest BCUT2D eigenvalue weighted by Gasteiger charge is 2.21. The van der Waals surface area contributed by atoms with Crippen molar-refractivity contribution in [3.05, 3.63) is 23.4 Å². The first-order chi connectivity index (χ1) is 5.27. The molecule has 0 radical (unpaired) electrons. The number of rotatable bonds is 0. The van der Waals surface area contributed by atoms with Gasteiger partial charge in [0.1, 0.15) is 0 Å². The van der Waals surface area contributed by atoms with Crippen LogP contribution in [-0.2, 0) is 0 Å². The van der Waals surface area contributed by atoms with Gasteiger partial charge in [0.2, 0.25) is 11.7 Å². The maximum absolute atomic E-state index is 11.0. The van der Waals surface area contributed by atoms with E-state index in [-0.39, 0.29) is 12.4 Å². The lowest BCUT2D eigenvalue weighted by Crippen LogP contribution is -1.98. The molecular weight excluding hydrogens is 142 g/mol. The minimum absolute atomic E-state index is 0.0208. The van der Waals surface area contributed by atoms with Crippen LogP contribution in [0.1, 0.15) is 16.1 Å². The Morgan fingerprint density at radius 3 is 3.18 bits per heavy atom. The van der Waals surface area contributed by atoms with Crippen LogP contribution in [-0.4, -0.2) is 17.4 Å². The summed E-state index contributed by atoms with van der Waals surface area (Å²) in [5.41, 5.74) is 1.48. The van der Waals surface area contributed by atoms with Gasteiger partial charge in [0.15, 0.2) is 6.61 Å². The van der Waals surface area contributed by atoms with Crippen molar-refractivity contribution in [2.45, 2.75) is 6.92 Å². The van der Waals surface area contributed by atoms with Crippen molar-refractivity contribution >= 4 is 5.78 Å². The van der Waals surface area contributed by atoms with Crippen LogP contribution in [0, 0.1) is 6.92 Å². The van der Waals surface area contributed by atoms with Gasteiger partial charge >= 0.3 is 0 Å². The molecule has 3 nitrogen and oxygen atoms in total. The van der Waals surface area contributed by atoms with E-state index >= 15 is 0 Å². The quantitative estimate of drug-likeness (QED) is 0.551. The molecule has 0 saturated heterocycles. The van der Waals surface area contributed by atoms with Gasteiger partial charge in [-0.05, 0) is 19.1 Å². The zero-order chi connectivity index (χ0) is 7.84. The van der Waals surface area contributed by atoms with E-state index < -0.39 is 0 Å². The molecule has 0 unspecified atom stereocenters. The number of ether oxygens (including phenoxy) is 1. The molecular formula is C8H7NO2. The van der Waals surface area contributed by atoms with Gasteiger partial charge in [0, 0.05) is 5.69 Å². The first kappa shape index (κ1) is 6.34. The van der Waals surface area contributed by atoms with Crippen molar-refractivity contribution in [2.75, 3.05) is 6.61 Å². The summed E-state index contributed by atoms with van der Waals surface area (Å²) in [6.45, 7) is 2.01. The Morgan fingerprint density at radius 2 is 2.36 bits per heavy atom. The summed E-state index contributed by atoms with van der Waals surface area (Å²) in [5, 5.41) is 0. The Morgan fingerprint density at radius 1 is 1.55 bits per heavy atom. The molecule has 0 spiro atoms. The highest BCUT2D eigenvalue weighted by Crippen LogP contribution is 2.21. The number of nitrogens with zero attached hydrogens (tertiary/aromatic N) is 1. The summed E-state index contributed by atoms with van der Waals surface area (Å²) in [7, 11) is 0. The van der Waals surface area contributed by atoms with Crippen molar-refractivity contribution in [1.82, 2.24) is 4.98 Å². The van der Waals surface area contributed by atoms with Crippen molar-refractivity contribution in [1.29, 1.82) is 0 Å². The largest absolute Gasteiger partial charge is 0.469 e. The van der Waals surface area contributed by atoms with Gasteiger partial charge in [-0.3, -0.25) is 4.79 Å². The molecule has 1 aromatic heterocycles. The molecule has 0 aliphatic carbocycles. The molecule has 11 heavy (non-hydrogen) atoms. The lowest BCUT2D eigenvalue weighted by atomic mass is 10.2. The minimum Gasteiger partial charge on any atom is -0.469 e. The number of aromatic nitrogens is 1. The lowest BCUT2D eigenvalue weighted by Gasteiger charge is -1.95. The molecule has 1 aliphatic rings. The number of carbonyl (C=O) groups is 1. The van der Waals surface area contributed by atoms with Crippen LogP contribution >= 0.6 is 0 Å². The fraction of sp³-hybridized carbons (Fsp3) is 0.250. The van der Waals surface area contributed by atoms with E-state index in [0.717, 1.165) is 5.69 Å². The molecule has 0 N–H and O–H groups in total. The molecule has 2 rings (SSSR count). The highest BCUT2D eigenvalue weighted by molar-refractivity contribution is 6.01. The van der Waals surface area contributed by atoms with Crippen LogP contribution in [0.15, 0.2) is 12.1 Å². The van der Waals surface area contributed by atoms with Gasteiger partial charge in [-0.1, -0.05) is 0 Å². The number of carbonyl (C=O) groups excluding carboxylic acids is 1. The summed E-state index contributed by atoms with van der Waals surface area (Å²) in [4.78, 5) is 15.1. The standard InChI is InChI=1S/C8H7NO2/c1-5-2-3-6-7(10)4-11-8(6)9-5/h2-3H,4H2,1H3. The van der Waals surface area contributed by atoms with Crippen LogP contribution in [0.25, 0.3) is 0 Å². The summed E-state index contributed by atoms with van der Waals surface area (Å²) in [6.07, 6.45) is 0. The van der Waals surface area contributed by atoms with E-state index in [1.54, 1.807) is 6.07 Å². The van der Waals surface area contributed by atoms with Crippen molar-refractivity contribution < 1.29 is 9.53 Å². The number of ketones is 1. The first-order valence-electron chi connectivity index (χ1n) is 3.41. The molecule has 0 amide bonds. The Labute approximate surface area is 64.0 Å². The second kappa shape index (κ2) is 2.05. The van der Waals surface area contributed by atoms with Crippen LogP contribution in [0.5, 0.6) is 5.88 Å². The summed E-state index contributed by atoms with van der Waals surface area (Å²) in [5.74, 6) is 0.502. The average Bonchev–Trinajstić information content (AvgIpc) is 2.32. The fourth-order valence-corrected chi connectivity index (χ4v) is 1.07. The molecule has 0 aromatic carbocycles. The zero-order valence-electron chi connectivity index (χ0n) is 6.13. The van der Waals surface area contributed by atoms with Crippen LogP contribution in [0.4, 0.5) is 0 Å². The predicted molar refractivity (Wildman–Crippen MR) is 38.8 cm³/mol. The minimum atomic E-state index is 0.0208. The van der Waals surface area contributed by atoms with Crippen molar-refractivity contribution in [3.8, 4) is 5.88 Å². The summed E-state index contributed by atoms with van der Waals surface area (Å²) < 4.78 is 5.03. The molecule has 0 saturated carbocycles. The van der Waals surface area contributed by atoms with Gasteiger partial charge < -0.3 is 4.74 Å². The molecule has 0 bridgehead atoms. The first-order valence-corrected chi connectivity index (χ1v) is 3.41. The molecule has 56 valence electrons. The predicted octanol–water partition coefficient (Wildman–Crippen LogP) is 0.965. The summed E-state index contributed by atoms with van der Waals surface area (Å²) in [6, 6.07) is 3.57. The fourth-order valence-electron chi connectivity index (χ4n) is 1.07. The second-order valence-electron chi connectivity index (χ2n) is 2.52. The lowest BCUT2D eigenvalue weighted by molar-refractivity contribution is 0.0960. The number of hydrogen-bond donors (Lipinski definition) is 0. The van der Waals surface area contributed by atoms with Gasteiger partial charge in [-0.15, -0.1) is 0 Å². The normalized spacial score (nSPS) is 14.5. The number of pyridine rings is 1. The van der Waals surface area contributed by atoms with Crippen molar-refractivity contribution in [3.63, 3.8) is 0 Å². The highest BCUT2D eigenvalue weighted by atomic mass is 16.5. The monoisotopic (exact) mass is 149 g/mol. The van der Waals surface area contributed by atoms with Gasteiger partial charge in [-0.2, -0.15) is 0 Å². The van der Waals surface area contributed by atoms with Gasteiger partial charge in [0.25, 0.3) is 0 Å². The summed E-state index contributed by atoms with van der Waals surface area (Å²) >= 11 is 0. The Balaban J connectivity index is 2.59. The van der Waals surface area contributed by atoms with Gasteiger partial charge in [0.05, 0.1) is 5.56 Å². The number of hydrogen-bond acceptors (Lipinski definition) is 3.